The molecule has 0 saturated carbocycles. The van der Waals surface area contributed by atoms with E-state index in [1.54, 1.807) is 25.4 Å². The maximum Gasteiger partial charge on any atom is 0.307 e. The SMILES string of the molecule is CCOC(=O)CC(CCc1ccc(C(=N)N)cc1)n1cnc2cc(C(=N)N)ccc21. The smallest absolute Gasteiger partial charge is 0.307 e. The van der Waals surface area contributed by atoms with Gasteiger partial charge in [-0.15, -0.1) is 0 Å². The molecule has 6 N–H and O–H groups in total. The Balaban J connectivity index is 1.85. The van der Waals surface area contributed by atoms with Crippen LogP contribution >= 0.6 is 0 Å². The van der Waals surface area contributed by atoms with Gasteiger partial charge in [-0.3, -0.25) is 15.6 Å². The van der Waals surface area contributed by atoms with E-state index in [0.717, 1.165) is 23.0 Å². The fourth-order valence-electron chi connectivity index (χ4n) is 3.43. The van der Waals surface area contributed by atoms with Crippen molar-refractivity contribution in [2.75, 3.05) is 6.61 Å². The predicted octanol–water partition coefficient (Wildman–Crippen LogP) is 2.73. The number of nitrogens with two attached hydrogens (primary N) is 2. The van der Waals surface area contributed by atoms with Crippen LogP contribution in [0.2, 0.25) is 0 Å². The topological polar surface area (TPSA) is 144 Å². The Kier molecular flexibility index (Phi) is 6.46. The number of hydrogen-bond acceptors (Lipinski definition) is 5. The van der Waals surface area contributed by atoms with E-state index in [0.29, 0.717) is 24.2 Å². The standard InChI is InChI=1S/C22H26N6O2/c1-2-30-20(29)12-17(9-5-14-3-6-15(7-4-14)21(23)24)28-13-27-18-11-16(22(25)26)8-10-19(18)28/h3-4,6-8,10-11,13,17H,2,5,9,12H2,1H3,(H3,23,24)(H3,25,26). The molecule has 0 spiro atoms. The summed E-state index contributed by atoms with van der Waals surface area (Å²) in [5.41, 5.74) is 15.1. The van der Waals surface area contributed by atoms with Crippen LogP contribution in [0.4, 0.5) is 0 Å². The van der Waals surface area contributed by atoms with Gasteiger partial charge in [-0.05, 0) is 43.5 Å². The normalized spacial score (nSPS) is 11.9. The Morgan fingerprint density at radius 2 is 1.77 bits per heavy atom. The second kappa shape index (κ2) is 9.21. The number of carbonyl (C=O) groups is 1. The molecule has 1 aromatic heterocycles. The number of benzene rings is 2. The molecule has 30 heavy (non-hydrogen) atoms. The first-order valence-electron chi connectivity index (χ1n) is 9.79. The molecule has 3 rings (SSSR count). The summed E-state index contributed by atoms with van der Waals surface area (Å²) in [6.45, 7) is 2.13. The molecule has 0 radical (unpaired) electrons. The fourth-order valence-corrected chi connectivity index (χ4v) is 3.43. The number of hydrogen-bond donors (Lipinski definition) is 4. The number of ether oxygens (including phenoxy) is 1. The molecule has 0 bridgehead atoms. The van der Waals surface area contributed by atoms with E-state index in [2.05, 4.69) is 4.98 Å². The van der Waals surface area contributed by atoms with Gasteiger partial charge in [0, 0.05) is 17.2 Å². The van der Waals surface area contributed by atoms with Crippen LogP contribution in [0.15, 0.2) is 48.8 Å². The second-order valence-electron chi connectivity index (χ2n) is 7.08. The van der Waals surface area contributed by atoms with E-state index in [1.165, 1.54) is 0 Å². The lowest BCUT2D eigenvalue weighted by Crippen LogP contribution is -2.16. The molecule has 3 aromatic rings. The van der Waals surface area contributed by atoms with Gasteiger partial charge in [0.15, 0.2) is 0 Å². The van der Waals surface area contributed by atoms with Crippen LogP contribution < -0.4 is 11.5 Å². The number of nitrogen functional groups attached to an aromatic ring is 2. The molecule has 0 aliphatic carbocycles. The number of nitrogens with zero attached hydrogens (tertiary/aromatic N) is 2. The quantitative estimate of drug-likeness (QED) is 0.245. The van der Waals surface area contributed by atoms with Crippen molar-refractivity contribution in [3.8, 4) is 0 Å². The van der Waals surface area contributed by atoms with Crippen LogP contribution in [0.3, 0.4) is 0 Å². The molecule has 2 aromatic carbocycles. The molecule has 0 saturated heterocycles. The summed E-state index contributed by atoms with van der Waals surface area (Å²) in [6, 6.07) is 12.8. The van der Waals surface area contributed by atoms with Crippen LogP contribution in [-0.2, 0) is 16.0 Å². The van der Waals surface area contributed by atoms with Crippen LogP contribution in [0, 0.1) is 10.8 Å². The highest BCUT2D eigenvalue weighted by molar-refractivity contribution is 5.98. The van der Waals surface area contributed by atoms with E-state index in [1.807, 2.05) is 34.9 Å². The number of fused-ring (bicyclic) bond motifs is 1. The van der Waals surface area contributed by atoms with Crippen LogP contribution in [0.25, 0.3) is 11.0 Å². The zero-order valence-electron chi connectivity index (χ0n) is 16.9. The van der Waals surface area contributed by atoms with Crippen LogP contribution in [0.5, 0.6) is 0 Å². The highest BCUT2D eigenvalue weighted by Crippen LogP contribution is 2.26. The number of nitrogens with one attached hydrogen (secondary N) is 2. The highest BCUT2D eigenvalue weighted by atomic mass is 16.5. The minimum atomic E-state index is -0.253. The lowest BCUT2D eigenvalue weighted by Gasteiger charge is -2.19. The van der Waals surface area contributed by atoms with Gasteiger partial charge in [-0.25, -0.2) is 4.98 Å². The van der Waals surface area contributed by atoms with Crippen molar-refractivity contribution in [3.05, 3.63) is 65.5 Å². The number of aromatic nitrogens is 2. The molecule has 1 atom stereocenters. The Bertz CT molecular complexity index is 1070. The van der Waals surface area contributed by atoms with E-state index < -0.39 is 0 Å². The fraction of sp³-hybridized carbons (Fsp3) is 0.273. The van der Waals surface area contributed by atoms with Crippen molar-refractivity contribution < 1.29 is 9.53 Å². The first kappa shape index (κ1) is 21.0. The third kappa shape index (κ3) is 4.83. The maximum absolute atomic E-state index is 12.2. The molecule has 8 heteroatoms. The molecule has 0 fully saturated rings. The highest BCUT2D eigenvalue weighted by Gasteiger charge is 2.19. The van der Waals surface area contributed by atoms with E-state index in [-0.39, 0.29) is 30.1 Å². The second-order valence-corrected chi connectivity index (χ2v) is 7.08. The van der Waals surface area contributed by atoms with Gasteiger partial charge in [0.05, 0.1) is 30.4 Å². The van der Waals surface area contributed by atoms with E-state index in [9.17, 15) is 4.79 Å². The summed E-state index contributed by atoms with van der Waals surface area (Å²) < 4.78 is 7.16. The first-order chi connectivity index (χ1) is 14.4. The average molecular weight is 406 g/mol. The molecule has 8 nitrogen and oxygen atoms in total. The van der Waals surface area contributed by atoms with Gasteiger partial charge < -0.3 is 20.8 Å². The van der Waals surface area contributed by atoms with E-state index >= 15 is 0 Å². The van der Waals surface area contributed by atoms with Crippen molar-refractivity contribution in [3.63, 3.8) is 0 Å². The largest absolute Gasteiger partial charge is 0.466 e. The molecule has 0 amide bonds. The molecular weight excluding hydrogens is 380 g/mol. The molecular formula is C22H26N6O2. The Morgan fingerprint density at radius 3 is 2.40 bits per heavy atom. The molecule has 156 valence electrons. The summed E-state index contributed by atoms with van der Waals surface area (Å²) in [7, 11) is 0. The van der Waals surface area contributed by atoms with Crippen molar-refractivity contribution in [2.24, 2.45) is 11.5 Å². The van der Waals surface area contributed by atoms with Gasteiger partial charge in [0.1, 0.15) is 11.7 Å². The Hall–Kier alpha value is -3.68. The number of rotatable bonds is 9. The monoisotopic (exact) mass is 406 g/mol. The van der Waals surface area contributed by atoms with Crippen molar-refractivity contribution in [1.29, 1.82) is 10.8 Å². The van der Waals surface area contributed by atoms with Crippen LogP contribution in [0.1, 0.15) is 42.5 Å². The molecule has 1 heterocycles. The number of esters is 1. The van der Waals surface area contributed by atoms with Gasteiger partial charge in [0.2, 0.25) is 0 Å². The third-order valence-electron chi connectivity index (χ3n) is 5.02. The van der Waals surface area contributed by atoms with Gasteiger partial charge in [0.25, 0.3) is 0 Å². The number of aryl methyl sites for hydroxylation is 1. The van der Waals surface area contributed by atoms with Crippen molar-refractivity contribution in [2.45, 2.75) is 32.2 Å². The minimum Gasteiger partial charge on any atom is -0.466 e. The predicted molar refractivity (Wildman–Crippen MR) is 117 cm³/mol. The zero-order chi connectivity index (χ0) is 21.7. The summed E-state index contributed by atoms with van der Waals surface area (Å²) in [5.74, 6) is -0.225. The van der Waals surface area contributed by atoms with Gasteiger partial charge in [-0.1, -0.05) is 24.3 Å². The summed E-state index contributed by atoms with van der Waals surface area (Å²) >= 11 is 0. The molecule has 0 aliphatic heterocycles. The van der Waals surface area contributed by atoms with Gasteiger partial charge >= 0.3 is 5.97 Å². The summed E-state index contributed by atoms with van der Waals surface area (Å²) in [4.78, 5) is 16.7. The Morgan fingerprint density at radius 1 is 1.10 bits per heavy atom. The number of amidine groups is 2. The maximum atomic E-state index is 12.2. The number of carbonyl (C=O) groups excluding carboxylic acids is 1. The summed E-state index contributed by atoms with van der Waals surface area (Å²) in [5, 5.41) is 15.1. The zero-order valence-corrected chi connectivity index (χ0v) is 16.9. The minimum absolute atomic E-state index is 0.0106. The summed E-state index contributed by atoms with van der Waals surface area (Å²) in [6.07, 6.45) is 3.40. The first-order valence-corrected chi connectivity index (χ1v) is 9.79. The lowest BCUT2D eigenvalue weighted by molar-refractivity contribution is -0.144. The third-order valence-corrected chi connectivity index (χ3v) is 5.02. The van der Waals surface area contributed by atoms with Crippen molar-refractivity contribution >= 4 is 28.7 Å². The lowest BCUT2D eigenvalue weighted by atomic mass is 10.0. The molecule has 1 unspecified atom stereocenters. The van der Waals surface area contributed by atoms with Crippen molar-refractivity contribution in [1.82, 2.24) is 9.55 Å². The average Bonchev–Trinajstić information content (AvgIpc) is 3.14. The molecule has 0 aliphatic rings. The Labute approximate surface area is 174 Å². The van der Waals surface area contributed by atoms with Crippen LogP contribution in [-0.4, -0.2) is 33.8 Å². The van der Waals surface area contributed by atoms with Gasteiger partial charge in [-0.2, -0.15) is 0 Å². The number of imidazole rings is 1. The van der Waals surface area contributed by atoms with E-state index in [4.69, 9.17) is 27.0 Å².